The third-order valence-corrected chi connectivity index (χ3v) is 3.43. The van der Waals surface area contributed by atoms with Crippen LogP contribution in [-0.2, 0) is 4.74 Å². The first kappa shape index (κ1) is 14.4. The average molecular weight is 271 g/mol. The van der Waals surface area contributed by atoms with E-state index in [4.69, 9.17) is 4.74 Å². The minimum absolute atomic E-state index is 0.308. The van der Waals surface area contributed by atoms with Gasteiger partial charge in [0.1, 0.15) is 0 Å². The molecule has 1 saturated carbocycles. The number of hydrogen-bond donors (Lipinski definition) is 2. The Morgan fingerprint density at radius 2 is 2.11 bits per heavy atom. The second-order valence-corrected chi connectivity index (χ2v) is 4.84. The maximum atomic E-state index is 13.0. The van der Waals surface area contributed by atoms with E-state index < -0.39 is 17.7 Å². The summed E-state index contributed by atoms with van der Waals surface area (Å²) in [6.45, 7) is 3.01. The summed E-state index contributed by atoms with van der Waals surface area (Å²) in [5.41, 5.74) is 0.382. The second-order valence-electron chi connectivity index (χ2n) is 4.84. The largest absolute Gasteiger partial charge is 0.387 e. The number of rotatable bonds is 6. The zero-order valence-electron chi connectivity index (χ0n) is 10.9. The molecule has 0 aliphatic heterocycles. The van der Waals surface area contributed by atoms with E-state index in [1.54, 1.807) is 0 Å². The van der Waals surface area contributed by atoms with Crippen LogP contribution < -0.4 is 5.32 Å². The number of nitrogens with one attached hydrogen (secondary N) is 1. The SMILES string of the molecule is CCOC1CC(NCC(O)c2ccc(F)c(F)c2)C1. The fourth-order valence-corrected chi connectivity index (χ4v) is 2.22. The smallest absolute Gasteiger partial charge is 0.159 e. The van der Waals surface area contributed by atoms with E-state index in [2.05, 4.69) is 5.32 Å². The molecule has 5 heteroatoms. The third kappa shape index (κ3) is 3.72. The number of hydrogen-bond acceptors (Lipinski definition) is 3. The molecule has 3 nitrogen and oxygen atoms in total. The van der Waals surface area contributed by atoms with Gasteiger partial charge in [-0.1, -0.05) is 6.07 Å². The van der Waals surface area contributed by atoms with Gasteiger partial charge in [-0.25, -0.2) is 8.78 Å². The minimum Gasteiger partial charge on any atom is -0.387 e. The molecule has 0 aromatic heterocycles. The molecule has 1 fully saturated rings. The van der Waals surface area contributed by atoms with E-state index in [0.717, 1.165) is 31.6 Å². The summed E-state index contributed by atoms with van der Waals surface area (Å²) in [6.07, 6.45) is 1.33. The standard InChI is InChI=1S/C14H19F2NO2/c1-2-19-11-6-10(7-11)17-8-14(18)9-3-4-12(15)13(16)5-9/h3-5,10-11,14,17-18H,2,6-8H2,1H3. The molecule has 2 N–H and O–H groups in total. The van der Waals surface area contributed by atoms with Crippen molar-refractivity contribution < 1.29 is 18.6 Å². The Bertz CT molecular complexity index is 422. The van der Waals surface area contributed by atoms with Crippen LogP contribution in [0.5, 0.6) is 0 Å². The van der Waals surface area contributed by atoms with Crippen LogP contribution in [0.15, 0.2) is 18.2 Å². The van der Waals surface area contributed by atoms with Crippen molar-refractivity contribution in [3.63, 3.8) is 0 Å². The van der Waals surface area contributed by atoms with Crippen molar-refractivity contribution in [2.45, 2.75) is 38.0 Å². The molecule has 106 valence electrons. The average Bonchev–Trinajstić information content (AvgIpc) is 2.35. The monoisotopic (exact) mass is 271 g/mol. The van der Waals surface area contributed by atoms with Crippen LogP contribution >= 0.6 is 0 Å². The number of aliphatic hydroxyl groups excluding tert-OH is 1. The second kappa shape index (κ2) is 6.41. The summed E-state index contributed by atoms with van der Waals surface area (Å²) < 4.78 is 31.2. The summed E-state index contributed by atoms with van der Waals surface area (Å²) in [5.74, 6) is -1.83. The van der Waals surface area contributed by atoms with Crippen molar-refractivity contribution >= 4 is 0 Å². The van der Waals surface area contributed by atoms with Crippen LogP contribution in [0.1, 0.15) is 31.4 Å². The molecule has 1 aromatic carbocycles. The van der Waals surface area contributed by atoms with Gasteiger partial charge in [0.15, 0.2) is 11.6 Å². The Morgan fingerprint density at radius 1 is 1.37 bits per heavy atom. The van der Waals surface area contributed by atoms with Crippen molar-refractivity contribution in [3.05, 3.63) is 35.4 Å². The van der Waals surface area contributed by atoms with Gasteiger partial charge >= 0.3 is 0 Å². The molecule has 19 heavy (non-hydrogen) atoms. The maximum absolute atomic E-state index is 13.0. The highest BCUT2D eigenvalue weighted by molar-refractivity contribution is 5.20. The molecule has 0 bridgehead atoms. The van der Waals surface area contributed by atoms with Gasteiger partial charge in [-0.3, -0.25) is 0 Å². The molecule has 1 aliphatic carbocycles. The van der Waals surface area contributed by atoms with E-state index in [1.807, 2.05) is 6.92 Å². The highest BCUT2D eigenvalue weighted by Crippen LogP contribution is 2.24. The van der Waals surface area contributed by atoms with Gasteiger partial charge in [-0.05, 0) is 37.5 Å². The number of benzene rings is 1. The van der Waals surface area contributed by atoms with E-state index in [-0.39, 0.29) is 0 Å². The lowest BCUT2D eigenvalue weighted by Crippen LogP contribution is -2.46. The van der Waals surface area contributed by atoms with Crippen molar-refractivity contribution in [1.29, 1.82) is 0 Å². The Kier molecular flexibility index (Phi) is 4.85. The number of ether oxygens (including phenoxy) is 1. The first-order chi connectivity index (χ1) is 9.10. The zero-order valence-corrected chi connectivity index (χ0v) is 10.9. The summed E-state index contributed by atoms with van der Waals surface area (Å²) in [6, 6.07) is 3.79. The van der Waals surface area contributed by atoms with E-state index in [9.17, 15) is 13.9 Å². The molecule has 0 amide bonds. The highest BCUT2D eigenvalue weighted by Gasteiger charge is 2.29. The zero-order chi connectivity index (χ0) is 13.8. The predicted octanol–water partition coefficient (Wildman–Crippen LogP) is 2.16. The molecule has 0 radical (unpaired) electrons. The maximum Gasteiger partial charge on any atom is 0.159 e. The van der Waals surface area contributed by atoms with Crippen molar-refractivity contribution in [1.82, 2.24) is 5.32 Å². The summed E-state index contributed by atoms with van der Waals surface area (Å²) in [4.78, 5) is 0. The molecule has 0 heterocycles. The molecule has 1 atom stereocenters. The lowest BCUT2D eigenvalue weighted by molar-refractivity contribution is -0.0123. The van der Waals surface area contributed by atoms with Crippen LogP contribution in [-0.4, -0.2) is 30.4 Å². The minimum atomic E-state index is -0.934. The molecule has 1 aromatic rings. The Balaban J connectivity index is 1.75. The van der Waals surface area contributed by atoms with Gasteiger partial charge in [0.05, 0.1) is 12.2 Å². The van der Waals surface area contributed by atoms with Crippen molar-refractivity contribution in [3.8, 4) is 0 Å². The quantitative estimate of drug-likeness (QED) is 0.833. The van der Waals surface area contributed by atoms with E-state index in [1.165, 1.54) is 6.07 Å². The lowest BCUT2D eigenvalue weighted by Gasteiger charge is -2.36. The molecule has 2 rings (SSSR count). The predicted molar refractivity (Wildman–Crippen MR) is 67.8 cm³/mol. The third-order valence-electron chi connectivity index (χ3n) is 3.43. The van der Waals surface area contributed by atoms with Crippen LogP contribution in [0.4, 0.5) is 8.78 Å². The van der Waals surface area contributed by atoms with E-state index in [0.29, 0.717) is 24.3 Å². The van der Waals surface area contributed by atoms with Gasteiger partial charge in [0.2, 0.25) is 0 Å². The normalized spacial score (nSPS) is 24.0. The van der Waals surface area contributed by atoms with Crippen molar-refractivity contribution in [2.24, 2.45) is 0 Å². The van der Waals surface area contributed by atoms with Gasteiger partial charge in [-0.15, -0.1) is 0 Å². The van der Waals surface area contributed by atoms with Crippen molar-refractivity contribution in [2.75, 3.05) is 13.2 Å². The Hall–Kier alpha value is -1.04. The first-order valence-electron chi connectivity index (χ1n) is 6.58. The Labute approximate surface area is 111 Å². The summed E-state index contributed by atoms with van der Waals surface area (Å²) in [7, 11) is 0. The highest BCUT2D eigenvalue weighted by atomic mass is 19.2. The van der Waals surface area contributed by atoms with Gasteiger partial charge in [0.25, 0.3) is 0 Å². The fourth-order valence-electron chi connectivity index (χ4n) is 2.22. The molecule has 1 aliphatic rings. The van der Waals surface area contributed by atoms with E-state index >= 15 is 0 Å². The van der Waals surface area contributed by atoms with Crippen LogP contribution in [0.25, 0.3) is 0 Å². The molecule has 1 unspecified atom stereocenters. The fraction of sp³-hybridized carbons (Fsp3) is 0.571. The summed E-state index contributed by atoms with van der Waals surface area (Å²) in [5, 5.41) is 13.1. The van der Waals surface area contributed by atoms with Crippen LogP contribution in [0, 0.1) is 11.6 Å². The first-order valence-corrected chi connectivity index (χ1v) is 6.58. The number of halogens is 2. The molecule has 0 saturated heterocycles. The molecule has 0 spiro atoms. The lowest BCUT2D eigenvalue weighted by atomic mass is 9.89. The van der Waals surface area contributed by atoms with Crippen LogP contribution in [0.3, 0.4) is 0 Å². The van der Waals surface area contributed by atoms with Gasteiger partial charge < -0.3 is 15.2 Å². The van der Waals surface area contributed by atoms with Gasteiger partial charge in [0, 0.05) is 19.2 Å². The Morgan fingerprint density at radius 3 is 2.74 bits per heavy atom. The molecular weight excluding hydrogens is 252 g/mol. The number of aliphatic hydroxyl groups is 1. The van der Waals surface area contributed by atoms with Crippen LogP contribution in [0.2, 0.25) is 0 Å². The topological polar surface area (TPSA) is 41.5 Å². The summed E-state index contributed by atoms with van der Waals surface area (Å²) >= 11 is 0. The molecular formula is C14H19F2NO2. The van der Waals surface area contributed by atoms with Gasteiger partial charge in [-0.2, -0.15) is 0 Å².